The van der Waals surface area contributed by atoms with Crippen LogP contribution in [0.15, 0.2) is 71.9 Å². The predicted molar refractivity (Wildman–Crippen MR) is 153 cm³/mol. The van der Waals surface area contributed by atoms with Gasteiger partial charge < -0.3 is 34.6 Å². The van der Waals surface area contributed by atoms with Crippen LogP contribution in [0.25, 0.3) is 11.2 Å². The number of para-hydroxylation sites is 1. The van der Waals surface area contributed by atoms with Crippen LogP contribution in [0.3, 0.4) is 0 Å². The maximum atomic E-state index is 13.2. The number of nitrogens with one attached hydrogen (secondary N) is 3. The first-order valence-corrected chi connectivity index (χ1v) is 12.9. The van der Waals surface area contributed by atoms with E-state index in [0.29, 0.717) is 29.2 Å². The van der Waals surface area contributed by atoms with Crippen LogP contribution in [0.1, 0.15) is 18.7 Å². The molecule has 0 bridgehead atoms. The molecule has 0 saturated heterocycles. The smallest absolute Gasteiger partial charge is 0.407 e. The van der Waals surface area contributed by atoms with Crippen molar-refractivity contribution in [1.82, 2.24) is 34.7 Å². The summed E-state index contributed by atoms with van der Waals surface area (Å²) < 4.78 is 11.8. The summed E-state index contributed by atoms with van der Waals surface area (Å²) in [5.41, 5.74) is 0.335. The molecule has 1 atom stereocenters. The minimum atomic E-state index is -1.03. The number of aromatic amines is 1. The number of likely N-dealkylation sites (N-methyl/N-ethyl adjacent to an activating group) is 1. The molecular formula is C28H30N8O6. The summed E-state index contributed by atoms with van der Waals surface area (Å²) in [6.45, 7) is 0.0399. The Kier molecular flexibility index (Phi) is 9.61. The average Bonchev–Trinajstić information content (AvgIpc) is 3.40. The molecule has 1 aromatic carbocycles. The first-order chi connectivity index (χ1) is 20.2. The summed E-state index contributed by atoms with van der Waals surface area (Å²) in [5, 5.41) is 5.04. The number of carbonyl (C=O) groups excluding carboxylic acids is 3. The number of alkyl carbamates (subject to hydrolysis) is 1. The first kappa shape index (κ1) is 29.5. The number of hydrogen-bond donors (Lipinski definition) is 3. The Hall–Kier alpha value is -5.53. The van der Waals surface area contributed by atoms with E-state index in [4.69, 9.17) is 4.74 Å². The topological polar surface area (TPSA) is 173 Å². The molecule has 0 spiro atoms. The number of benzene rings is 1. The van der Waals surface area contributed by atoms with Gasteiger partial charge in [-0.3, -0.25) is 14.4 Å². The van der Waals surface area contributed by atoms with Crippen molar-refractivity contribution < 1.29 is 23.9 Å². The number of methoxy groups -OCH3 is 1. The van der Waals surface area contributed by atoms with Crippen LogP contribution >= 0.6 is 0 Å². The Morgan fingerprint density at radius 1 is 1.12 bits per heavy atom. The molecule has 0 aliphatic heterocycles. The first-order valence-electron chi connectivity index (χ1n) is 12.9. The van der Waals surface area contributed by atoms with Gasteiger partial charge in [-0.2, -0.15) is 4.98 Å². The lowest BCUT2D eigenvalue weighted by Crippen LogP contribution is -2.44. The fraction of sp³-hybridized carbons (Fsp3) is 0.250. The summed E-state index contributed by atoms with van der Waals surface area (Å²) in [5.74, 6) is 0.424. The summed E-state index contributed by atoms with van der Waals surface area (Å²) in [6, 6.07) is 11.1. The minimum absolute atomic E-state index is 0.00139. The Bertz CT molecular complexity index is 1650. The molecule has 4 aromatic rings. The van der Waals surface area contributed by atoms with Gasteiger partial charge in [-0.25, -0.2) is 14.8 Å². The standard InChI is InChI=1S/C28H30N8O6/c1-35(2)22(37)14-8-7-12-19(32-28(40)41-3)25(38)31-20-13-9-15-36(27(20)39)16-21-33-23-24(34-21)29-17-30-26(23)42-18-10-5-4-6-11-18/h4-6,8-11,13-15,17,19H,7,12,16H2,1-3H3,(H,31,38)(H,32,40)(H,29,30,33,34)/b14-8+/t19-/m0/s1. The predicted octanol–water partition coefficient (Wildman–Crippen LogP) is 2.44. The summed E-state index contributed by atoms with van der Waals surface area (Å²) in [6.07, 6.45) is 5.54. The van der Waals surface area contributed by atoms with E-state index in [0.717, 1.165) is 0 Å². The lowest BCUT2D eigenvalue weighted by Gasteiger charge is -2.17. The number of allylic oxidation sites excluding steroid dienone is 1. The molecule has 3 aromatic heterocycles. The van der Waals surface area contributed by atoms with Crippen LogP contribution in [-0.4, -0.2) is 74.6 Å². The average molecular weight is 575 g/mol. The highest BCUT2D eigenvalue weighted by molar-refractivity contribution is 5.96. The highest BCUT2D eigenvalue weighted by atomic mass is 16.5. The number of ether oxygens (including phenoxy) is 2. The highest BCUT2D eigenvalue weighted by Crippen LogP contribution is 2.25. The third-order valence-electron chi connectivity index (χ3n) is 5.97. The molecule has 0 aliphatic carbocycles. The van der Waals surface area contributed by atoms with E-state index >= 15 is 0 Å². The lowest BCUT2D eigenvalue weighted by molar-refractivity contribution is -0.123. The van der Waals surface area contributed by atoms with Crippen LogP contribution < -0.4 is 20.9 Å². The number of carbonyl (C=O) groups is 3. The molecular weight excluding hydrogens is 544 g/mol. The van der Waals surface area contributed by atoms with Gasteiger partial charge in [0.1, 0.15) is 29.6 Å². The van der Waals surface area contributed by atoms with Crippen molar-refractivity contribution in [2.45, 2.75) is 25.4 Å². The van der Waals surface area contributed by atoms with Crippen LogP contribution in [-0.2, 0) is 20.9 Å². The van der Waals surface area contributed by atoms with Crippen LogP contribution in [0.4, 0.5) is 10.5 Å². The van der Waals surface area contributed by atoms with Crippen molar-refractivity contribution in [3.8, 4) is 11.6 Å². The monoisotopic (exact) mass is 574 g/mol. The van der Waals surface area contributed by atoms with Crippen LogP contribution in [0, 0.1) is 0 Å². The summed E-state index contributed by atoms with van der Waals surface area (Å²) in [7, 11) is 4.42. The number of nitrogens with zero attached hydrogens (tertiary/aromatic N) is 5. The molecule has 0 radical (unpaired) electrons. The number of fused-ring (bicyclic) bond motifs is 1. The van der Waals surface area contributed by atoms with Gasteiger partial charge in [0.2, 0.25) is 11.8 Å². The van der Waals surface area contributed by atoms with E-state index in [1.165, 1.54) is 35.0 Å². The molecule has 0 unspecified atom stereocenters. The molecule has 0 fully saturated rings. The zero-order chi connectivity index (χ0) is 30.1. The maximum absolute atomic E-state index is 13.2. The van der Waals surface area contributed by atoms with E-state index in [-0.39, 0.29) is 30.4 Å². The Labute approximate surface area is 240 Å². The molecule has 218 valence electrons. The molecule has 3 amide bonds. The number of amides is 3. The van der Waals surface area contributed by atoms with Crippen molar-refractivity contribution in [1.29, 1.82) is 0 Å². The molecule has 0 saturated carbocycles. The number of imidazole rings is 1. The number of hydrogen-bond acceptors (Lipinski definition) is 9. The van der Waals surface area contributed by atoms with Gasteiger partial charge in [-0.1, -0.05) is 24.3 Å². The zero-order valence-electron chi connectivity index (χ0n) is 23.2. The second-order valence-corrected chi connectivity index (χ2v) is 9.22. The van der Waals surface area contributed by atoms with E-state index in [9.17, 15) is 19.2 Å². The lowest BCUT2D eigenvalue weighted by atomic mass is 10.1. The Morgan fingerprint density at radius 3 is 2.64 bits per heavy atom. The zero-order valence-corrected chi connectivity index (χ0v) is 23.2. The summed E-state index contributed by atoms with van der Waals surface area (Å²) >= 11 is 0. The number of pyridine rings is 1. The van der Waals surface area contributed by atoms with Crippen molar-refractivity contribution >= 4 is 34.8 Å². The number of aromatic nitrogens is 5. The van der Waals surface area contributed by atoms with E-state index in [2.05, 4.69) is 35.3 Å². The van der Waals surface area contributed by atoms with E-state index in [1.54, 1.807) is 44.6 Å². The molecule has 4 rings (SSSR count). The highest BCUT2D eigenvalue weighted by Gasteiger charge is 2.22. The fourth-order valence-electron chi connectivity index (χ4n) is 3.81. The van der Waals surface area contributed by atoms with Gasteiger partial charge in [-0.05, 0) is 43.2 Å². The van der Waals surface area contributed by atoms with Gasteiger partial charge in [0.15, 0.2) is 11.2 Å². The molecule has 14 heteroatoms. The van der Waals surface area contributed by atoms with Gasteiger partial charge in [0, 0.05) is 20.3 Å². The second-order valence-electron chi connectivity index (χ2n) is 9.22. The fourth-order valence-corrected chi connectivity index (χ4v) is 3.81. The normalized spacial score (nSPS) is 11.7. The molecule has 42 heavy (non-hydrogen) atoms. The summed E-state index contributed by atoms with van der Waals surface area (Å²) in [4.78, 5) is 67.2. The van der Waals surface area contributed by atoms with Crippen molar-refractivity contribution in [3.05, 3.63) is 83.3 Å². The largest absolute Gasteiger partial charge is 0.453 e. The van der Waals surface area contributed by atoms with Gasteiger partial charge in [0.25, 0.3) is 11.4 Å². The number of H-pyrrole nitrogens is 1. The van der Waals surface area contributed by atoms with Crippen LogP contribution in [0.2, 0.25) is 0 Å². The van der Waals surface area contributed by atoms with Crippen LogP contribution in [0.5, 0.6) is 11.6 Å². The molecule has 3 N–H and O–H groups in total. The quantitative estimate of drug-likeness (QED) is 0.227. The minimum Gasteiger partial charge on any atom is -0.453 e. The number of rotatable bonds is 11. The van der Waals surface area contributed by atoms with E-state index < -0.39 is 23.6 Å². The molecule has 3 heterocycles. The van der Waals surface area contributed by atoms with Crippen molar-refractivity contribution in [2.75, 3.05) is 26.5 Å². The second kappa shape index (κ2) is 13.7. The Morgan fingerprint density at radius 2 is 1.90 bits per heavy atom. The third kappa shape index (κ3) is 7.56. The van der Waals surface area contributed by atoms with E-state index in [1.807, 2.05) is 18.2 Å². The molecule has 0 aliphatic rings. The van der Waals surface area contributed by atoms with Crippen molar-refractivity contribution in [3.63, 3.8) is 0 Å². The molecule has 14 nitrogen and oxygen atoms in total. The van der Waals surface area contributed by atoms with Gasteiger partial charge >= 0.3 is 6.09 Å². The van der Waals surface area contributed by atoms with Gasteiger partial charge in [-0.15, -0.1) is 0 Å². The third-order valence-corrected chi connectivity index (χ3v) is 5.97. The SMILES string of the molecule is COC(=O)N[C@@H](CC/C=C/C(=O)N(C)C)C(=O)Nc1cccn(Cc2nc3c(Oc4ccccc4)ncnc3[nH]2)c1=O. The maximum Gasteiger partial charge on any atom is 0.407 e. The van der Waals surface area contributed by atoms with Crippen molar-refractivity contribution in [2.24, 2.45) is 0 Å². The van der Waals surface area contributed by atoms with Gasteiger partial charge in [0.05, 0.1) is 13.7 Å². The number of anilines is 1. The Balaban J connectivity index is 1.48.